The van der Waals surface area contributed by atoms with Crippen molar-refractivity contribution in [3.63, 3.8) is 0 Å². The van der Waals surface area contributed by atoms with E-state index in [9.17, 15) is 4.79 Å². The third-order valence-electron chi connectivity index (χ3n) is 3.36. The molecule has 0 atom stereocenters. The minimum Gasteiger partial charge on any atom is -0.460 e. The van der Waals surface area contributed by atoms with E-state index < -0.39 is 0 Å². The minimum absolute atomic E-state index is 0.195. The van der Waals surface area contributed by atoms with Crippen LogP contribution in [0, 0.1) is 0 Å². The number of carbonyl (C=O) groups excluding carboxylic acids is 1. The van der Waals surface area contributed by atoms with Crippen LogP contribution in [0.15, 0.2) is 54.7 Å². The Balaban J connectivity index is 1.66. The number of aromatic nitrogens is 1. The van der Waals surface area contributed by atoms with Crippen LogP contribution in [-0.2, 0) is 22.6 Å². The Morgan fingerprint density at radius 3 is 2.67 bits per heavy atom. The lowest BCUT2D eigenvalue weighted by Crippen LogP contribution is -2.07. The van der Waals surface area contributed by atoms with Crippen LogP contribution in [0.2, 0.25) is 5.02 Å². The van der Waals surface area contributed by atoms with Gasteiger partial charge in [0.1, 0.15) is 6.61 Å². The Bertz CT molecular complexity index is 779. The smallest absolute Gasteiger partial charge is 0.310 e. The van der Waals surface area contributed by atoms with Gasteiger partial charge in [-0.25, -0.2) is 0 Å². The average Bonchev–Trinajstić information content (AvgIpc) is 2.90. The van der Waals surface area contributed by atoms with E-state index in [-0.39, 0.29) is 19.0 Å². The molecule has 3 nitrogen and oxygen atoms in total. The summed E-state index contributed by atoms with van der Waals surface area (Å²) in [6, 6.07) is 15.2. The Hall–Kier alpha value is -2.26. The summed E-state index contributed by atoms with van der Waals surface area (Å²) in [7, 11) is 0. The number of rotatable bonds is 4. The molecule has 21 heavy (non-hydrogen) atoms. The summed E-state index contributed by atoms with van der Waals surface area (Å²) < 4.78 is 5.29. The van der Waals surface area contributed by atoms with Gasteiger partial charge in [-0.3, -0.25) is 4.79 Å². The second kappa shape index (κ2) is 6.02. The lowest BCUT2D eigenvalue weighted by atomic mass is 10.1. The summed E-state index contributed by atoms with van der Waals surface area (Å²) in [5.74, 6) is -0.264. The molecule has 0 aliphatic carbocycles. The van der Waals surface area contributed by atoms with Crippen molar-refractivity contribution in [3.05, 3.63) is 70.9 Å². The van der Waals surface area contributed by atoms with Gasteiger partial charge in [-0.05, 0) is 17.7 Å². The molecule has 2 aromatic carbocycles. The first kappa shape index (κ1) is 13.7. The van der Waals surface area contributed by atoms with Crippen molar-refractivity contribution in [3.8, 4) is 0 Å². The van der Waals surface area contributed by atoms with E-state index >= 15 is 0 Å². The molecule has 0 fully saturated rings. The fraction of sp³-hybridized carbons (Fsp3) is 0.118. The third-order valence-corrected chi connectivity index (χ3v) is 3.72. The number of benzene rings is 2. The quantitative estimate of drug-likeness (QED) is 0.737. The van der Waals surface area contributed by atoms with Gasteiger partial charge < -0.3 is 9.72 Å². The van der Waals surface area contributed by atoms with Gasteiger partial charge in [-0.1, -0.05) is 48.0 Å². The molecule has 0 unspecified atom stereocenters. The van der Waals surface area contributed by atoms with Crippen LogP contribution in [0.4, 0.5) is 0 Å². The van der Waals surface area contributed by atoms with Crippen molar-refractivity contribution in [2.45, 2.75) is 13.0 Å². The molecule has 4 heteroatoms. The van der Waals surface area contributed by atoms with Crippen LogP contribution in [-0.4, -0.2) is 11.0 Å². The zero-order valence-corrected chi connectivity index (χ0v) is 12.1. The number of hydrogen-bond acceptors (Lipinski definition) is 2. The number of carbonyl (C=O) groups is 1. The largest absolute Gasteiger partial charge is 0.460 e. The number of para-hydroxylation sites is 1. The standard InChI is InChI=1S/C17H14ClNO2/c18-15-7-3-1-5-12(15)11-21-17(20)9-13-10-19-16-8-4-2-6-14(13)16/h1-8,10,19H,9,11H2. The second-order valence-corrected chi connectivity index (χ2v) is 5.20. The fourth-order valence-electron chi connectivity index (χ4n) is 2.26. The van der Waals surface area contributed by atoms with Crippen LogP contribution in [0.3, 0.4) is 0 Å². The highest BCUT2D eigenvalue weighted by molar-refractivity contribution is 6.31. The number of nitrogens with one attached hydrogen (secondary N) is 1. The predicted octanol–water partition coefficient (Wildman–Crippen LogP) is 4.11. The summed E-state index contributed by atoms with van der Waals surface area (Å²) in [4.78, 5) is 15.1. The predicted molar refractivity (Wildman–Crippen MR) is 83.3 cm³/mol. The molecule has 0 amide bonds. The van der Waals surface area contributed by atoms with Gasteiger partial charge in [0.2, 0.25) is 0 Å². The first-order valence-electron chi connectivity index (χ1n) is 6.68. The monoisotopic (exact) mass is 299 g/mol. The summed E-state index contributed by atoms with van der Waals surface area (Å²) in [5, 5.41) is 1.66. The lowest BCUT2D eigenvalue weighted by molar-refractivity contribution is -0.144. The minimum atomic E-state index is -0.264. The molecular weight excluding hydrogens is 286 g/mol. The number of aromatic amines is 1. The third kappa shape index (κ3) is 3.09. The van der Waals surface area contributed by atoms with Gasteiger partial charge in [-0.2, -0.15) is 0 Å². The molecule has 0 saturated heterocycles. The van der Waals surface area contributed by atoms with Crippen molar-refractivity contribution in [2.24, 2.45) is 0 Å². The van der Waals surface area contributed by atoms with Gasteiger partial charge in [0.25, 0.3) is 0 Å². The van der Waals surface area contributed by atoms with Gasteiger partial charge in [0.05, 0.1) is 6.42 Å². The molecule has 1 aromatic heterocycles. The van der Waals surface area contributed by atoms with E-state index in [2.05, 4.69) is 4.98 Å². The lowest BCUT2D eigenvalue weighted by Gasteiger charge is -2.06. The SMILES string of the molecule is O=C(Cc1c[nH]c2ccccc12)OCc1ccccc1Cl. The Labute approximate surface area is 127 Å². The van der Waals surface area contributed by atoms with Crippen LogP contribution < -0.4 is 0 Å². The highest BCUT2D eigenvalue weighted by Gasteiger charge is 2.10. The molecule has 0 spiro atoms. The van der Waals surface area contributed by atoms with E-state index in [4.69, 9.17) is 16.3 Å². The number of esters is 1. The number of H-pyrrole nitrogens is 1. The molecule has 106 valence electrons. The van der Waals surface area contributed by atoms with E-state index in [0.29, 0.717) is 5.02 Å². The van der Waals surface area contributed by atoms with Gasteiger partial charge in [-0.15, -0.1) is 0 Å². The van der Waals surface area contributed by atoms with Crippen molar-refractivity contribution in [2.75, 3.05) is 0 Å². The summed E-state index contributed by atoms with van der Waals surface area (Å²) in [5.41, 5.74) is 2.77. The van der Waals surface area contributed by atoms with E-state index in [0.717, 1.165) is 22.0 Å². The van der Waals surface area contributed by atoms with Crippen LogP contribution in [0.1, 0.15) is 11.1 Å². The Kier molecular flexibility index (Phi) is 3.93. The molecule has 0 aliphatic heterocycles. The maximum absolute atomic E-state index is 12.0. The molecule has 0 bridgehead atoms. The Morgan fingerprint density at radius 2 is 1.81 bits per heavy atom. The van der Waals surface area contributed by atoms with E-state index in [1.165, 1.54) is 0 Å². The first-order valence-corrected chi connectivity index (χ1v) is 7.06. The zero-order valence-electron chi connectivity index (χ0n) is 11.3. The highest BCUT2D eigenvalue weighted by atomic mass is 35.5. The first-order chi connectivity index (χ1) is 10.2. The van der Waals surface area contributed by atoms with Crippen molar-refractivity contribution in [1.82, 2.24) is 4.98 Å². The normalized spacial score (nSPS) is 10.7. The highest BCUT2D eigenvalue weighted by Crippen LogP contribution is 2.19. The summed E-state index contributed by atoms with van der Waals surface area (Å²) >= 11 is 6.03. The van der Waals surface area contributed by atoms with Crippen molar-refractivity contribution < 1.29 is 9.53 Å². The van der Waals surface area contributed by atoms with Crippen LogP contribution in [0.5, 0.6) is 0 Å². The zero-order chi connectivity index (χ0) is 14.7. The molecule has 3 rings (SSSR count). The molecule has 1 heterocycles. The van der Waals surface area contributed by atoms with Crippen molar-refractivity contribution >= 4 is 28.5 Å². The van der Waals surface area contributed by atoms with E-state index in [1.807, 2.05) is 48.7 Å². The number of halogens is 1. The number of hydrogen-bond donors (Lipinski definition) is 1. The molecular formula is C17H14ClNO2. The molecule has 0 radical (unpaired) electrons. The summed E-state index contributed by atoms with van der Waals surface area (Å²) in [6.07, 6.45) is 2.09. The fourth-order valence-corrected chi connectivity index (χ4v) is 2.45. The summed E-state index contributed by atoms with van der Waals surface area (Å²) in [6.45, 7) is 0.195. The van der Waals surface area contributed by atoms with Gasteiger partial charge in [0.15, 0.2) is 0 Å². The van der Waals surface area contributed by atoms with Gasteiger partial charge in [0, 0.05) is 27.7 Å². The Morgan fingerprint density at radius 1 is 1.05 bits per heavy atom. The molecule has 1 N–H and O–H groups in total. The van der Waals surface area contributed by atoms with E-state index in [1.54, 1.807) is 6.07 Å². The van der Waals surface area contributed by atoms with Gasteiger partial charge >= 0.3 is 5.97 Å². The molecule has 0 saturated carbocycles. The second-order valence-electron chi connectivity index (χ2n) is 4.79. The molecule has 0 aliphatic rings. The van der Waals surface area contributed by atoms with Crippen molar-refractivity contribution in [1.29, 1.82) is 0 Å². The topological polar surface area (TPSA) is 42.1 Å². The molecule has 3 aromatic rings. The number of ether oxygens (including phenoxy) is 1. The van der Waals surface area contributed by atoms with Crippen LogP contribution in [0.25, 0.3) is 10.9 Å². The van der Waals surface area contributed by atoms with Crippen LogP contribution >= 0.6 is 11.6 Å². The maximum atomic E-state index is 12.0. The average molecular weight is 300 g/mol. The number of fused-ring (bicyclic) bond motifs is 1. The maximum Gasteiger partial charge on any atom is 0.310 e.